The van der Waals surface area contributed by atoms with Crippen molar-refractivity contribution < 1.29 is 4.79 Å². The Hall–Kier alpha value is -1.55. The highest BCUT2D eigenvalue weighted by atomic mass is 16.2. The molecular weight excluding hydrogens is 286 g/mol. The van der Waals surface area contributed by atoms with Gasteiger partial charge in [0, 0.05) is 26.2 Å². The van der Waals surface area contributed by atoms with E-state index < -0.39 is 0 Å². The van der Waals surface area contributed by atoms with Crippen LogP contribution in [0.25, 0.3) is 0 Å². The monoisotopic (exact) mass is 317 g/mol. The van der Waals surface area contributed by atoms with Gasteiger partial charge in [-0.05, 0) is 43.9 Å². The van der Waals surface area contributed by atoms with Gasteiger partial charge in [0.15, 0.2) is 0 Å². The largest absolute Gasteiger partial charge is 0.331 e. The standard InChI is InChI=1S/C19H31N3O/c1-14(2)17-8-6-7-9-18(17)15(3)20-19(23)22(5)13-12-21(4)16-10-11-16/h6-9,14-16H,10-13H2,1-5H3,(H,20,23). The molecule has 1 aromatic carbocycles. The van der Waals surface area contributed by atoms with E-state index in [0.717, 1.165) is 19.1 Å². The summed E-state index contributed by atoms with van der Waals surface area (Å²) in [4.78, 5) is 16.5. The van der Waals surface area contributed by atoms with Gasteiger partial charge in [-0.15, -0.1) is 0 Å². The molecular formula is C19H31N3O. The molecule has 0 heterocycles. The van der Waals surface area contributed by atoms with Gasteiger partial charge in [0.2, 0.25) is 0 Å². The van der Waals surface area contributed by atoms with Gasteiger partial charge in [0.05, 0.1) is 6.04 Å². The first-order chi connectivity index (χ1) is 10.9. The summed E-state index contributed by atoms with van der Waals surface area (Å²) in [7, 11) is 4.02. The van der Waals surface area contributed by atoms with E-state index in [9.17, 15) is 4.79 Å². The third-order valence-electron chi connectivity index (χ3n) is 4.73. The highest BCUT2D eigenvalue weighted by Crippen LogP contribution is 2.25. The summed E-state index contributed by atoms with van der Waals surface area (Å²) in [6.07, 6.45) is 2.60. The lowest BCUT2D eigenvalue weighted by Crippen LogP contribution is -2.42. The number of benzene rings is 1. The lowest BCUT2D eigenvalue weighted by atomic mass is 9.93. The number of urea groups is 1. The number of rotatable bonds is 7. The first-order valence-electron chi connectivity index (χ1n) is 8.70. The number of nitrogens with zero attached hydrogens (tertiary/aromatic N) is 2. The van der Waals surface area contributed by atoms with Gasteiger partial charge in [-0.1, -0.05) is 38.1 Å². The van der Waals surface area contributed by atoms with Crippen molar-refractivity contribution in [2.75, 3.05) is 27.2 Å². The van der Waals surface area contributed by atoms with E-state index in [-0.39, 0.29) is 12.1 Å². The predicted octanol–water partition coefficient (Wildman–Crippen LogP) is 3.61. The van der Waals surface area contributed by atoms with Crippen molar-refractivity contribution in [2.45, 2.75) is 51.6 Å². The van der Waals surface area contributed by atoms with Crippen LogP contribution in [0.2, 0.25) is 0 Å². The molecule has 0 radical (unpaired) electrons. The Balaban J connectivity index is 1.88. The summed E-state index contributed by atoms with van der Waals surface area (Å²) < 4.78 is 0. The molecule has 128 valence electrons. The third kappa shape index (κ3) is 4.96. The molecule has 1 N–H and O–H groups in total. The molecule has 0 saturated heterocycles. The van der Waals surface area contributed by atoms with Crippen molar-refractivity contribution in [1.82, 2.24) is 15.1 Å². The van der Waals surface area contributed by atoms with Crippen LogP contribution in [0.4, 0.5) is 4.79 Å². The normalized spacial score (nSPS) is 15.8. The van der Waals surface area contributed by atoms with E-state index in [0.29, 0.717) is 5.92 Å². The Morgan fingerprint density at radius 3 is 2.30 bits per heavy atom. The molecule has 23 heavy (non-hydrogen) atoms. The Kier molecular flexibility index (Phi) is 6.05. The Morgan fingerprint density at radius 1 is 1.13 bits per heavy atom. The maximum Gasteiger partial charge on any atom is 0.317 e. The smallest absolute Gasteiger partial charge is 0.317 e. The molecule has 1 aliphatic carbocycles. The van der Waals surface area contributed by atoms with E-state index in [1.54, 1.807) is 4.90 Å². The van der Waals surface area contributed by atoms with Crippen molar-refractivity contribution in [2.24, 2.45) is 0 Å². The van der Waals surface area contributed by atoms with Crippen LogP contribution in [0.3, 0.4) is 0 Å². The number of likely N-dealkylation sites (N-methyl/N-ethyl adjacent to an activating group) is 2. The number of hydrogen-bond acceptors (Lipinski definition) is 2. The average Bonchev–Trinajstić information content (AvgIpc) is 3.36. The predicted molar refractivity (Wildman–Crippen MR) is 95.8 cm³/mol. The van der Waals surface area contributed by atoms with Crippen molar-refractivity contribution in [3.8, 4) is 0 Å². The molecule has 1 unspecified atom stereocenters. The zero-order chi connectivity index (χ0) is 17.0. The molecule has 2 amide bonds. The summed E-state index contributed by atoms with van der Waals surface area (Å²) in [6, 6.07) is 9.12. The molecule has 1 atom stereocenters. The van der Waals surface area contributed by atoms with Gasteiger partial charge in [-0.25, -0.2) is 4.79 Å². The zero-order valence-electron chi connectivity index (χ0n) is 15.2. The van der Waals surface area contributed by atoms with Crippen molar-refractivity contribution in [1.29, 1.82) is 0 Å². The molecule has 1 fully saturated rings. The first kappa shape index (κ1) is 17.8. The number of carbonyl (C=O) groups is 1. The van der Waals surface area contributed by atoms with Crippen LogP contribution >= 0.6 is 0 Å². The minimum Gasteiger partial charge on any atom is -0.331 e. The van der Waals surface area contributed by atoms with Crippen LogP contribution in [0, 0.1) is 0 Å². The average molecular weight is 317 g/mol. The molecule has 0 aliphatic heterocycles. The highest BCUT2D eigenvalue weighted by Gasteiger charge is 2.26. The van der Waals surface area contributed by atoms with Gasteiger partial charge in [0.25, 0.3) is 0 Å². The van der Waals surface area contributed by atoms with E-state index in [2.05, 4.69) is 56.2 Å². The van der Waals surface area contributed by atoms with Crippen molar-refractivity contribution in [3.63, 3.8) is 0 Å². The Labute approximate surface area is 140 Å². The van der Waals surface area contributed by atoms with Gasteiger partial charge < -0.3 is 15.1 Å². The van der Waals surface area contributed by atoms with Crippen LogP contribution in [0.1, 0.15) is 56.7 Å². The Morgan fingerprint density at radius 2 is 1.74 bits per heavy atom. The van der Waals surface area contributed by atoms with E-state index >= 15 is 0 Å². The van der Waals surface area contributed by atoms with Gasteiger partial charge >= 0.3 is 6.03 Å². The quantitative estimate of drug-likeness (QED) is 0.834. The summed E-state index contributed by atoms with van der Waals surface area (Å²) in [6.45, 7) is 8.13. The molecule has 1 saturated carbocycles. The van der Waals surface area contributed by atoms with Crippen LogP contribution < -0.4 is 5.32 Å². The SMILES string of the molecule is CC(C)c1ccccc1C(C)NC(=O)N(C)CCN(C)C1CC1. The van der Waals surface area contributed by atoms with E-state index in [1.165, 1.54) is 24.0 Å². The molecule has 2 rings (SSSR count). The van der Waals surface area contributed by atoms with Crippen molar-refractivity contribution in [3.05, 3.63) is 35.4 Å². The first-order valence-corrected chi connectivity index (χ1v) is 8.70. The second-order valence-corrected chi connectivity index (χ2v) is 7.09. The fourth-order valence-corrected chi connectivity index (χ4v) is 2.91. The molecule has 1 aromatic rings. The lowest BCUT2D eigenvalue weighted by molar-refractivity contribution is 0.196. The summed E-state index contributed by atoms with van der Waals surface area (Å²) >= 11 is 0. The third-order valence-corrected chi connectivity index (χ3v) is 4.73. The maximum absolute atomic E-state index is 12.4. The molecule has 0 spiro atoms. The van der Waals surface area contributed by atoms with Gasteiger partial charge in [0.1, 0.15) is 0 Å². The second-order valence-electron chi connectivity index (χ2n) is 7.09. The lowest BCUT2D eigenvalue weighted by Gasteiger charge is -2.25. The summed E-state index contributed by atoms with van der Waals surface area (Å²) in [5, 5.41) is 3.13. The Bertz CT molecular complexity index is 525. The fraction of sp³-hybridized carbons (Fsp3) is 0.632. The fourth-order valence-electron chi connectivity index (χ4n) is 2.91. The van der Waals surface area contributed by atoms with Crippen LogP contribution in [0.5, 0.6) is 0 Å². The van der Waals surface area contributed by atoms with Crippen LogP contribution in [-0.2, 0) is 0 Å². The highest BCUT2D eigenvalue weighted by molar-refractivity contribution is 5.74. The topological polar surface area (TPSA) is 35.6 Å². The number of hydrogen-bond donors (Lipinski definition) is 1. The van der Waals surface area contributed by atoms with E-state index in [4.69, 9.17) is 0 Å². The second kappa shape index (κ2) is 7.82. The van der Waals surface area contributed by atoms with Crippen LogP contribution in [-0.4, -0.2) is 49.1 Å². The molecule has 4 nitrogen and oxygen atoms in total. The molecule has 1 aliphatic rings. The maximum atomic E-state index is 12.4. The summed E-state index contributed by atoms with van der Waals surface area (Å²) in [5.74, 6) is 0.454. The van der Waals surface area contributed by atoms with E-state index in [1.807, 2.05) is 13.1 Å². The zero-order valence-corrected chi connectivity index (χ0v) is 15.2. The van der Waals surface area contributed by atoms with Gasteiger partial charge in [-0.3, -0.25) is 0 Å². The van der Waals surface area contributed by atoms with Crippen LogP contribution in [0.15, 0.2) is 24.3 Å². The molecule has 0 bridgehead atoms. The molecule has 4 heteroatoms. The number of carbonyl (C=O) groups excluding carboxylic acids is 1. The minimum atomic E-state index is 0.000237. The minimum absolute atomic E-state index is 0.000237. The number of nitrogens with one attached hydrogen (secondary N) is 1. The van der Waals surface area contributed by atoms with Gasteiger partial charge in [-0.2, -0.15) is 0 Å². The van der Waals surface area contributed by atoms with Crippen molar-refractivity contribution >= 4 is 6.03 Å². The number of amides is 2. The molecule has 0 aromatic heterocycles. The summed E-state index contributed by atoms with van der Waals surface area (Å²) in [5.41, 5.74) is 2.51.